The van der Waals surface area contributed by atoms with Gasteiger partial charge in [0.2, 0.25) is 0 Å². The number of ether oxygens (including phenoxy) is 1. The number of carbonyl (C=O) groups is 1. The molecule has 168 valence electrons. The number of hydrogen-bond donors (Lipinski definition) is 0. The lowest BCUT2D eigenvalue weighted by atomic mass is 10.2. The second-order valence-electron chi connectivity index (χ2n) is 6.53. The van der Waals surface area contributed by atoms with Gasteiger partial charge in [-0.3, -0.25) is 9.69 Å². The van der Waals surface area contributed by atoms with Crippen molar-refractivity contribution in [3.05, 3.63) is 51.0 Å². The average Bonchev–Trinajstić information content (AvgIpc) is 3.19. The molecule has 0 unspecified atom stereocenters. The zero-order chi connectivity index (χ0) is 21.8. The molecular weight excluding hydrogens is 500 g/mol. The second kappa shape index (κ2) is 11.5. The number of hydrogen-bond acceptors (Lipinski definition) is 5. The number of carbonyl (C=O) groups excluding carboxylic acids is 1. The van der Waals surface area contributed by atoms with Crippen LogP contribution in [0.2, 0.25) is 15.1 Å². The molecule has 0 radical (unpaired) electrons. The Kier molecular flexibility index (Phi) is 9.67. The molecule has 1 aromatic heterocycles. The fourth-order valence-electron chi connectivity index (χ4n) is 3.09. The third-order valence-corrected chi connectivity index (χ3v) is 6.94. The monoisotopic (exact) mass is 521 g/mol. The van der Waals surface area contributed by atoms with Gasteiger partial charge in [0.1, 0.15) is 11.3 Å². The van der Waals surface area contributed by atoms with Gasteiger partial charge in [-0.25, -0.2) is 4.98 Å². The average molecular weight is 523 g/mol. The summed E-state index contributed by atoms with van der Waals surface area (Å²) in [6.07, 6.45) is 0. The standard InChI is InChI=1S/C21H22Cl3N3O2S.ClH/c1-4-26(5-2)10-11-27(20(28)14-12-13(22)6-7-15(14)23)21-25-18-17(29-3)9-8-16(24)19(18)30-21;/h6-9,12H,4-5,10-11H2,1-3H3;1H. The first kappa shape index (κ1) is 26.0. The first-order chi connectivity index (χ1) is 14.4. The van der Waals surface area contributed by atoms with E-state index in [0.29, 0.717) is 50.1 Å². The molecular formula is C21H23Cl4N3O2S. The van der Waals surface area contributed by atoms with Crippen LogP contribution in [0.1, 0.15) is 24.2 Å². The van der Waals surface area contributed by atoms with Crippen LogP contribution in [0, 0.1) is 0 Å². The third kappa shape index (κ3) is 5.75. The van der Waals surface area contributed by atoms with Gasteiger partial charge >= 0.3 is 0 Å². The summed E-state index contributed by atoms with van der Waals surface area (Å²) in [5, 5.41) is 1.88. The second-order valence-corrected chi connectivity index (χ2v) is 8.76. The molecule has 0 spiro atoms. The van der Waals surface area contributed by atoms with E-state index in [1.54, 1.807) is 42.3 Å². The van der Waals surface area contributed by atoms with Crippen LogP contribution >= 0.6 is 58.5 Å². The number of likely N-dealkylation sites (N-methyl/N-ethyl adjacent to an activating group) is 1. The van der Waals surface area contributed by atoms with Crippen molar-refractivity contribution in [1.82, 2.24) is 9.88 Å². The highest BCUT2D eigenvalue weighted by atomic mass is 35.5. The number of amides is 1. The quantitative estimate of drug-likeness (QED) is 0.331. The summed E-state index contributed by atoms with van der Waals surface area (Å²) in [5.74, 6) is 0.345. The van der Waals surface area contributed by atoms with E-state index in [-0.39, 0.29) is 18.3 Å². The predicted octanol–water partition coefficient (Wildman–Crippen LogP) is 6.68. The maximum absolute atomic E-state index is 13.5. The van der Waals surface area contributed by atoms with Crippen LogP contribution in [0.3, 0.4) is 0 Å². The summed E-state index contributed by atoms with van der Waals surface area (Å²) >= 11 is 20.2. The van der Waals surface area contributed by atoms with Gasteiger partial charge in [0.15, 0.2) is 5.13 Å². The Morgan fingerprint density at radius 3 is 2.39 bits per heavy atom. The van der Waals surface area contributed by atoms with Crippen molar-refractivity contribution in [2.45, 2.75) is 13.8 Å². The molecule has 0 saturated carbocycles. The largest absolute Gasteiger partial charge is 0.494 e. The minimum absolute atomic E-state index is 0. The van der Waals surface area contributed by atoms with Crippen LogP contribution in [0.5, 0.6) is 5.75 Å². The number of thiazole rings is 1. The van der Waals surface area contributed by atoms with E-state index in [2.05, 4.69) is 18.7 Å². The molecule has 0 saturated heterocycles. The number of rotatable bonds is 8. The molecule has 31 heavy (non-hydrogen) atoms. The Morgan fingerprint density at radius 1 is 1.06 bits per heavy atom. The highest BCUT2D eigenvalue weighted by molar-refractivity contribution is 7.23. The number of methoxy groups -OCH3 is 1. The van der Waals surface area contributed by atoms with E-state index in [4.69, 9.17) is 44.5 Å². The van der Waals surface area contributed by atoms with Crippen molar-refractivity contribution < 1.29 is 9.53 Å². The molecule has 2 aromatic carbocycles. The lowest BCUT2D eigenvalue weighted by Crippen LogP contribution is -2.39. The van der Waals surface area contributed by atoms with Crippen LogP contribution in [0.25, 0.3) is 10.2 Å². The Morgan fingerprint density at radius 2 is 1.74 bits per heavy atom. The molecule has 0 atom stereocenters. The smallest absolute Gasteiger partial charge is 0.261 e. The van der Waals surface area contributed by atoms with Gasteiger partial charge in [0, 0.05) is 18.1 Å². The van der Waals surface area contributed by atoms with Gasteiger partial charge in [0.25, 0.3) is 5.91 Å². The zero-order valence-corrected chi connectivity index (χ0v) is 21.2. The lowest BCUT2D eigenvalue weighted by molar-refractivity contribution is 0.0984. The molecule has 1 amide bonds. The van der Waals surface area contributed by atoms with Crippen molar-refractivity contribution in [1.29, 1.82) is 0 Å². The fourth-order valence-corrected chi connectivity index (χ4v) is 4.74. The highest BCUT2D eigenvalue weighted by Gasteiger charge is 2.25. The van der Waals surface area contributed by atoms with Gasteiger partial charge in [-0.05, 0) is 43.4 Å². The fraction of sp³-hybridized carbons (Fsp3) is 0.333. The molecule has 0 aliphatic carbocycles. The Labute approximate surface area is 207 Å². The predicted molar refractivity (Wildman–Crippen MR) is 134 cm³/mol. The third-order valence-electron chi connectivity index (χ3n) is 4.84. The number of fused-ring (bicyclic) bond motifs is 1. The lowest BCUT2D eigenvalue weighted by Gasteiger charge is -2.25. The molecule has 5 nitrogen and oxygen atoms in total. The van der Waals surface area contributed by atoms with Crippen molar-refractivity contribution in [2.24, 2.45) is 0 Å². The van der Waals surface area contributed by atoms with Crippen molar-refractivity contribution in [2.75, 3.05) is 38.2 Å². The molecule has 0 aliphatic heterocycles. The van der Waals surface area contributed by atoms with Crippen molar-refractivity contribution in [3.8, 4) is 5.75 Å². The van der Waals surface area contributed by atoms with Gasteiger partial charge in [-0.15, -0.1) is 12.4 Å². The van der Waals surface area contributed by atoms with Crippen LogP contribution in [0.15, 0.2) is 30.3 Å². The van der Waals surface area contributed by atoms with Crippen LogP contribution in [0.4, 0.5) is 5.13 Å². The normalized spacial score (nSPS) is 10.9. The first-order valence-electron chi connectivity index (χ1n) is 9.51. The molecule has 1 heterocycles. The van der Waals surface area contributed by atoms with E-state index in [1.165, 1.54) is 11.3 Å². The van der Waals surface area contributed by atoms with Gasteiger partial charge in [0.05, 0.1) is 27.4 Å². The Hall–Kier alpha value is -1.28. The van der Waals surface area contributed by atoms with E-state index in [0.717, 1.165) is 17.8 Å². The summed E-state index contributed by atoms with van der Waals surface area (Å²) in [6, 6.07) is 8.39. The zero-order valence-electron chi connectivity index (χ0n) is 17.3. The SMILES string of the molecule is CCN(CC)CCN(C(=O)c1cc(Cl)ccc1Cl)c1nc2c(OC)ccc(Cl)c2s1.Cl. The highest BCUT2D eigenvalue weighted by Crippen LogP contribution is 2.39. The van der Waals surface area contributed by atoms with E-state index >= 15 is 0 Å². The van der Waals surface area contributed by atoms with E-state index in [9.17, 15) is 4.79 Å². The molecule has 0 bridgehead atoms. The topological polar surface area (TPSA) is 45.7 Å². The summed E-state index contributed by atoms with van der Waals surface area (Å²) in [4.78, 5) is 22.1. The van der Waals surface area contributed by atoms with E-state index < -0.39 is 0 Å². The maximum Gasteiger partial charge on any atom is 0.261 e. The molecule has 10 heteroatoms. The number of aromatic nitrogens is 1. The first-order valence-corrected chi connectivity index (χ1v) is 11.5. The summed E-state index contributed by atoms with van der Waals surface area (Å²) in [7, 11) is 1.58. The van der Waals surface area contributed by atoms with Gasteiger partial charge in [-0.2, -0.15) is 0 Å². The minimum atomic E-state index is -0.260. The molecule has 3 aromatic rings. The minimum Gasteiger partial charge on any atom is -0.494 e. The molecule has 0 aliphatic rings. The summed E-state index contributed by atoms with van der Waals surface area (Å²) < 4.78 is 6.19. The maximum atomic E-state index is 13.5. The number of anilines is 1. The van der Waals surface area contributed by atoms with Crippen molar-refractivity contribution >= 4 is 79.8 Å². The number of halogens is 4. The molecule has 0 N–H and O–H groups in total. The number of benzene rings is 2. The molecule has 3 rings (SSSR count). The Balaban J connectivity index is 0.00000341. The van der Waals surface area contributed by atoms with Gasteiger partial charge in [-0.1, -0.05) is 60.0 Å². The summed E-state index contributed by atoms with van der Waals surface area (Å²) in [5.41, 5.74) is 0.962. The van der Waals surface area contributed by atoms with E-state index in [1.807, 2.05) is 0 Å². The summed E-state index contributed by atoms with van der Waals surface area (Å²) in [6.45, 7) is 7.09. The van der Waals surface area contributed by atoms with Crippen molar-refractivity contribution in [3.63, 3.8) is 0 Å². The van der Waals surface area contributed by atoms with Gasteiger partial charge < -0.3 is 9.64 Å². The molecule has 0 fully saturated rings. The number of nitrogens with zero attached hydrogens (tertiary/aromatic N) is 3. The van der Waals surface area contributed by atoms with Crippen LogP contribution < -0.4 is 9.64 Å². The van der Waals surface area contributed by atoms with Crippen LogP contribution in [-0.4, -0.2) is 49.1 Å². The van der Waals surface area contributed by atoms with Crippen LogP contribution in [-0.2, 0) is 0 Å². The Bertz CT molecular complexity index is 1060.